The lowest BCUT2D eigenvalue weighted by Gasteiger charge is -2.28. The number of aromatic nitrogens is 3. The number of nitrogens with one attached hydrogen (secondary N) is 2. The van der Waals surface area contributed by atoms with Crippen LogP contribution in [0.25, 0.3) is 11.2 Å². The average molecular weight is 446 g/mol. The van der Waals surface area contributed by atoms with Crippen LogP contribution in [0.4, 0.5) is 17.2 Å². The first-order valence-corrected chi connectivity index (χ1v) is 10.7. The largest absolute Gasteiger partial charge is 0.378 e. The van der Waals surface area contributed by atoms with Gasteiger partial charge in [0.1, 0.15) is 0 Å². The van der Waals surface area contributed by atoms with Gasteiger partial charge in [0.2, 0.25) is 5.91 Å². The van der Waals surface area contributed by atoms with Gasteiger partial charge in [-0.1, -0.05) is 0 Å². The fourth-order valence-corrected chi connectivity index (χ4v) is 3.69. The van der Waals surface area contributed by atoms with E-state index in [-0.39, 0.29) is 5.91 Å². The lowest BCUT2D eigenvalue weighted by molar-refractivity contribution is -0.118. The standard InChI is InChI=1S/C24H27N7O2/c1-17(27-18(2)32)14-19(15-25-3)22-16-31-9-8-26-24(31)23(29-22)28-20-4-6-21(7-5-20)30-10-12-33-13-11-30/h4-9,14-16H,3,10-13H2,1-2H3,(H,27,32)(H,28,29)/b17-14+,19-15+. The van der Waals surface area contributed by atoms with Crippen molar-refractivity contribution >= 4 is 41.0 Å². The Balaban J connectivity index is 1.64. The Morgan fingerprint density at radius 2 is 1.97 bits per heavy atom. The fourth-order valence-electron chi connectivity index (χ4n) is 3.69. The van der Waals surface area contributed by atoms with Crippen LogP contribution in [0.3, 0.4) is 0 Å². The maximum absolute atomic E-state index is 11.4. The molecular formula is C24H27N7O2. The minimum Gasteiger partial charge on any atom is -0.378 e. The van der Waals surface area contributed by atoms with E-state index in [2.05, 4.69) is 44.4 Å². The third kappa shape index (κ3) is 5.45. The van der Waals surface area contributed by atoms with Gasteiger partial charge in [-0.2, -0.15) is 0 Å². The van der Waals surface area contributed by atoms with Gasteiger partial charge < -0.3 is 24.7 Å². The molecule has 1 aliphatic heterocycles. The van der Waals surface area contributed by atoms with E-state index in [1.54, 1.807) is 12.4 Å². The number of morpholine rings is 1. The van der Waals surface area contributed by atoms with Crippen LogP contribution in [-0.2, 0) is 9.53 Å². The second kappa shape index (κ2) is 10.1. The number of aliphatic imine (C=N–C) groups is 1. The van der Waals surface area contributed by atoms with Crippen LogP contribution in [0.1, 0.15) is 19.5 Å². The van der Waals surface area contributed by atoms with Gasteiger partial charge in [0.05, 0.1) is 18.9 Å². The van der Waals surface area contributed by atoms with Crippen molar-refractivity contribution in [2.45, 2.75) is 13.8 Å². The molecule has 0 atom stereocenters. The second-order valence-electron chi connectivity index (χ2n) is 7.68. The van der Waals surface area contributed by atoms with Crippen LogP contribution in [-0.4, -0.2) is 53.3 Å². The SMILES string of the molecule is C=N/C=C(\C=C(/C)NC(C)=O)c1cn2ccnc2c(Nc2ccc(N3CCOCC3)cc2)n1. The van der Waals surface area contributed by atoms with E-state index in [1.165, 1.54) is 6.92 Å². The normalized spacial score (nSPS) is 14.9. The highest BCUT2D eigenvalue weighted by Crippen LogP contribution is 2.25. The predicted octanol–water partition coefficient (Wildman–Crippen LogP) is 3.39. The summed E-state index contributed by atoms with van der Waals surface area (Å²) >= 11 is 0. The summed E-state index contributed by atoms with van der Waals surface area (Å²) in [4.78, 5) is 26.9. The van der Waals surface area contributed by atoms with Crippen LogP contribution in [0.2, 0.25) is 0 Å². The molecule has 0 unspecified atom stereocenters. The molecule has 0 aliphatic carbocycles. The van der Waals surface area contributed by atoms with Crippen LogP contribution in [0, 0.1) is 0 Å². The number of amides is 1. The summed E-state index contributed by atoms with van der Waals surface area (Å²) in [5.74, 6) is 0.465. The van der Waals surface area contributed by atoms with Gasteiger partial charge in [-0.05, 0) is 44.0 Å². The minimum atomic E-state index is -0.143. The van der Waals surface area contributed by atoms with Crippen molar-refractivity contribution in [1.29, 1.82) is 0 Å². The molecule has 1 saturated heterocycles. The van der Waals surface area contributed by atoms with Crippen molar-refractivity contribution < 1.29 is 9.53 Å². The number of nitrogens with zero attached hydrogens (tertiary/aromatic N) is 5. The molecule has 0 radical (unpaired) electrons. The number of fused-ring (bicyclic) bond motifs is 1. The number of hydrogen-bond donors (Lipinski definition) is 2. The van der Waals surface area contributed by atoms with E-state index in [9.17, 15) is 4.79 Å². The molecule has 33 heavy (non-hydrogen) atoms. The molecule has 1 fully saturated rings. The quantitative estimate of drug-likeness (QED) is 0.428. The number of carbonyl (C=O) groups is 1. The molecule has 3 heterocycles. The van der Waals surface area contributed by atoms with Gasteiger partial charge in [0.25, 0.3) is 0 Å². The minimum absolute atomic E-state index is 0.143. The molecule has 1 aliphatic rings. The van der Waals surface area contributed by atoms with E-state index >= 15 is 0 Å². The number of allylic oxidation sites excluding steroid dienone is 3. The first-order valence-electron chi connectivity index (χ1n) is 10.7. The van der Waals surface area contributed by atoms with Crippen LogP contribution >= 0.6 is 0 Å². The van der Waals surface area contributed by atoms with Crippen LogP contribution in [0.15, 0.2) is 65.8 Å². The van der Waals surface area contributed by atoms with Crippen molar-refractivity contribution in [3.05, 3.63) is 66.5 Å². The third-order valence-corrected chi connectivity index (χ3v) is 5.15. The summed E-state index contributed by atoms with van der Waals surface area (Å²) in [5.41, 5.74) is 4.81. The Morgan fingerprint density at radius 3 is 2.67 bits per heavy atom. The summed E-state index contributed by atoms with van der Waals surface area (Å²) in [6.45, 7) is 10.1. The zero-order valence-corrected chi connectivity index (χ0v) is 18.8. The zero-order chi connectivity index (χ0) is 23.2. The molecule has 9 heteroatoms. The summed E-state index contributed by atoms with van der Waals surface area (Å²) in [6.07, 6.45) is 8.86. The maximum atomic E-state index is 11.4. The molecule has 0 spiro atoms. The van der Waals surface area contributed by atoms with Gasteiger partial charge in [-0.15, -0.1) is 0 Å². The first-order chi connectivity index (χ1) is 16.0. The van der Waals surface area contributed by atoms with E-state index in [0.717, 1.165) is 37.7 Å². The van der Waals surface area contributed by atoms with Gasteiger partial charge in [-0.25, -0.2) is 9.97 Å². The first kappa shape index (κ1) is 22.2. The molecule has 3 aromatic rings. The molecule has 9 nitrogen and oxygen atoms in total. The van der Waals surface area contributed by atoms with E-state index in [0.29, 0.717) is 28.4 Å². The Morgan fingerprint density at radius 1 is 1.21 bits per heavy atom. The smallest absolute Gasteiger partial charge is 0.220 e. The van der Waals surface area contributed by atoms with Crippen molar-refractivity contribution in [2.24, 2.45) is 4.99 Å². The Labute approximate surface area is 192 Å². The van der Waals surface area contributed by atoms with E-state index in [4.69, 9.17) is 9.72 Å². The monoisotopic (exact) mass is 445 g/mol. The number of carbonyl (C=O) groups excluding carboxylic acids is 1. The predicted molar refractivity (Wildman–Crippen MR) is 131 cm³/mol. The average Bonchev–Trinajstić information content (AvgIpc) is 3.28. The van der Waals surface area contributed by atoms with Gasteiger partial charge in [0, 0.05) is 67.4 Å². The van der Waals surface area contributed by atoms with Gasteiger partial charge in [0.15, 0.2) is 11.5 Å². The number of hydrogen-bond acceptors (Lipinski definition) is 7. The topological polar surface area (TPSA) is 96.2 Å². The summed E-state index contributed by atoms with van der Waals surface area (Å²) in [7, 11) is 0. The molecule has 0 saturated carbocycles. The van der Waals surface area contributed by atoms with Gasteiger partial charge >= 0.3 is 0 Å². The lowest BCUT2D eigenvalue weighted by atomic mass is 10.1. The Kier molecular flexibility index (Phi) is 6.80. The Bertz CT molecular complexity index is 1210. The highest BCUT2D eigenvalue weighted by molar-refractivity contribution is 5.79. The second-order valence-corrected chi connectivity index (χ2v) is 7.68. The van der Waals surface area contributed by atoms with Crippen molar-refractivity contribution in [2.75, 3.05) is 36.5 Å². The number of ether oxygens (including phenoxy) is 1. The van der Waals surface area contributed by atoms with Crippen LogP contribution in [0.5, 0.6) is 0 Å². The summed E-state index contributed by atoms with van der Waals surface area (Å²) in [6, 6.07) is 8.24. The summed E-state index contributed by atoms with van der Waals surface area (Å²) in [5, 5.41) is 6.15. The molecule has 2 aromatic heterocycles. The number of benzene rings is 1. The third-order valence-electron chi connectivity index (χ3n) is 5.15. The van der Waals surface area contributed by atoms with Crippen LogP contribution < -0.4 is 15.5 Å². The van der Waals surface area contributed by atoms with Gasteiger partial charge in [-0.3, -0.25) is 9.79 Å². The number of anilines is 3. The van der Waals surface area contributed by atoms with Crippen molar-refractivity contribution in [3.8, 4) is 0 Å². The molecule has 170 valence electrons. The number of rotatable bonds is 7. The molecule has 0 bridgehead atoms. The highest BCUT2D eigenvalue weighted by Gasteiger charge is 2.13. The Hall–Kier alpha value is -3.98. The maximum Gasteiger partial charge on any atom is 0.220 e. The summed E-state index contributed by atoms with van der Waals surface area (Å²) < 4.78 is 7.33. The molecular weight excluding hydrogens is 418 g/mol. The molecule has 2 N–H and O–H groups in total. The van der Waals surface area contributed by atoms with E-state index < -0.39 is 0 Å². The fraction of sp³-hybridized carbons (Fsp3) is 0.250. The highest BCUT2D eigenvalue weighted by atomic mass is 16.5. The van der Waals surface area contributed by atoms with Crippen molar-refractivity contribution in [3.63, 3.8) is 0 Å². The zero-order valence-electron chi connectivity index (χ0n) is 18.8. The van der Waals surface area contributed by atoms with Crippen molar-refractivity contribution in [1.82, 2.24) is 19.7 Å². The molecule has 1 amide bonds. The molecule has 1 aromatic carbocycles. The number of imidazole rings is 1. The lowest BCUT2D eigenvalue weighted by Crippen LogP contribution is -2.36. The molecule has 4 rings (SSSR count). The van der Waals surface area contributed by atoms with E-state index in [1.807, 2.05) is 41.9 Å².